The summed E-state index contributed by atoms with van der Waals surface area (Å²) in [5.74, 6) is 0.946. The fraction of sp³-hybridized carbons (Fsp3) is 0.0833. The summed E-state index contributed by atoms with van der Waals surface area (Å²) in [6.07, 6.45) is 1.82. The summed E-state index contributed by atoms with van der Waals surface area (Å²) < 4.78 is 8.18. The van der Waals surface area contributed by atoms with Gasteiger partial charge in [0.05, 0.1) is 11.0 Å². The highest BCUT2D eigenvalue weighted by Gasteiger charge is 2.12. The molecule has 4 aromatic rings. The molecule has 0 spiro atoms. The number of nitrogens with zero attached hydrogens (tertiary/aromatic N) is 2. The van der Waals surface area contributed by atoms with E-state index in [0.29, 0.717) is 39.1 Å². The normalized spacial score (nSPS) is 10.7. The molecule has 1 aromatic heterocycles. The van der Waals surface area contributed by atoms with Crippen LogP contribution in [0.4, 0.5) is 5.82 Å². The Bertz CT molecular complexity index is 1210. The molecule has 0 radical (unpaired) electrons. The van der Waals surface area contributed by atoms with E-state index in [2.05, 4.69) is 26.3 Å². The smallest absolute Gasteiger partial charge is 0.256 e. The zero-order valence-corrected chi connectivity index (χ0v) is 19.9. The Morgan fingerprint density at radius 2 is 1.50 bits per heavy atom. The van der Waals surface area contributed by atoms with E-state index in [4.69, 9.17) is 27.9 Å². The number of ether oxygens (including phenoxy) is 1. The second kappa shape index (κ2) is 10.2. The molecule has 1 amide bonds. The second-order valence-corrected chi connectivity index (χ2v) is 8.77. The van der Waals surface area contributed by atoms with Crippen LogP contribution in [0, 0.1) is 0 Å². The Kier molecular flexibility index (Phi) is 7.15. The van der Waals surface area contributed by atoms with Crippen LogP contribution in [-0.4, -0.2) is 15.7 Å². The van der Waals surface area contributed by atoms with E-state index in [-0.39, 0.29) is 5.91 Å². The predicted octanol–water partition coefficient (Wildman–Crippen LogP) is 6.83. The molecule has 0 fully saturated rings. The maximum Gasteiger partial charge on any atom is 0.256 e. The summed E-state index contributed by atoms with van der Waals surface area (Å²) in [7, 11) is 0. The second-order valence-electron chi connectivity index (χ2n) is 7.04. The monoisotopic (exact) mass is 529 g/mol. The number of carbonyl (C=O) groups is 1. The van der Waals surface area contributed by atoms with Gasteiger partial charge in [-0.25, -0.2) is 0 Å². The lowest BCUT2D eigenvalue weighted by Gasteiger charge is -2.08. The molecule has 8 heteroatoms. The number of carbonyl (C=O) groups excluding carboxylic acids is 1. The average molecular weight is 531 g/mol. The lowest BCUT2D eigenvalue weighted by Crippen LogP contribution is -2.13. The van der Waals surface area contributed by atoms with Crippen molar-refractivity contribution < 1.29 is 9.53 Å². The summed E-state index contributed by atoms with van der Waals surface area (Å²) in [6, 6.07) is 22.0. The molecule has 0 aliphatic rings. The largest absolute Gasteiger partial charge is 0.489 e. The van der Waals surface area contributed by atoms with Crippen LogP contribution in [0.1, 0.15) is 21.5 Å². The summed E-state index contributed by atoms with van der Waals surface area (Å²) in [6.45, 7) is 0.956. The fourth-order valence-corrected chi connectivity index (χ4v) is 3.64. The van der Waals surface area contributed by atoms with Gasteiger partial charge in [-0.3, -0.25) is 9.48 Å². The Balaban J connectivity index is 1.35. The van der Waals surface area contributed by atoms with Crippen LogP contribution in [0.2, 0.25) is 10.0 Å². The van der Waals surface area contributed by atoms with Gasteiger partial charge in [-0.2, -0.15) is 5.10 Å². The van der Waals surface area contributed by atoms with Crippen LogP contribution in [0.3, 0.4) is 0 Å². The molecule has 0 aliphatic carbocycles. The summed E-state index contributed by atoms with van der Waals surface area (Å²) in [5.41, 5.74) is 2.53. The Hall–Kier alpha value is -2.80. The van der Waals surface area contributed by atoms with Crippen LogP contribution in [0.5, 0.6) is 5.75 Å². The van der Waals surface area contributed by atoms with Crippen molar-refractivity contribution in [2.75, 3.05) is 5.32 Å². The van der Waals surface area contributed by atoms with Crippen molar-refractivity contribution in [2.45, 2.75) is 13.2 Å². The zero-order chi connectivity index (χ0) is 22.5. The van der Waals surface area contributed by atoms with Crippen LogP contribution in [0.15, 0.2) is 83.5 Å². The summed E-state index contributed by atoms with van der Waals surface area (Å²) >= 11 is 15.3. The lowest BCUT2D eigenvalue weighted by atomic mass is 10.1. The Labute approximate surface area is 204 Å². The SMILES string of the molecule is O=C(Nc1nn(Cc2ccc(Cl)cc2)cc1Br)c1ccc(COc2ccc(Cl)cc2)cc1. The first-order chi connectivity index (χ1) is 15.5. The molecule has 32 heavy (non-hydrogen) atoms. The minimum absolute atomic E-state index is 0.243. The minimum Gasteiger partial charge on any atom is -0.489 e. The number of benzene rings is 3. The molecule has 0 unspecified atom stereocenters. The van der Waals surface area contributed by atoms with Crippen molar-refractivity contribution in [1.82, 2.24) is 9.78 Å². The van der Waals surface area contributed by atoms with E-state index in [9.17, 15) is 4.79 Å². The minimum atomic E-state index is -0.243. The van der Waals surface area contributed by atoms with Crippen molar-refractivity contribution in [3.63, 3.8) is 0 Å². The van der Waals surface area contributed by atoms with Crippen molar-refractivity contribution in [3.8, 4) is 5.75 Å². The summed E-state index contributed by atoms with van der Waals surface area (Å²) in [5, 5.41) is 8.64. The van der Waals surface area contributed by atoms with E-state index >= 15 is 0 Å². The third kappa shape index (κ3) is 5.91. The maximum absolute atomic E-state index is 12.7. The van der Waals surface area contributed by atoms with Gasteiger partial charge in [0.25, 0.3) is 5.91 Å². The first-order valence-corrected chi connectivity index (χ1v) is 11.3. The molecule has 4 rings (SSSR count). The molecule has 0 saturated heterocycles. The zero-order valence-electron chi connectivity index (χ0n) is 16.8. The third-order valence-electron chi connectivity index (χ3n) is 4.64. The van der Waals surface area contributed by atoms with Crippen molar-refractivity contribution in [2.24, 2.45) is 0 Å². The number of hydrogen-bond acceptors (Lipinski definition) is 3. The van der Waals surface area contributed by atoms with Gasteiger partial charge < -0.3 is 10.1 Å². The number of aromatic nitrogens is 2. The number of anilines is 1. The molecule has 1 N–H and O–H groups in total. The number of nitrogens with one attached hydrogen (secondary N) is 1. The third-order valence-corrected chi connectivity index (χ3v) is 5.73. The number of hydrogen-bond donors (Lipinski definition) is 1. The van der Waals surface area contributed by atoms with Gasteiger partial charge in [-0.15, -0.1) is 0 Å². The molecular weight excluding hydrogens is 513 g/mol. The average Bonchev–Trinajstić information content (AvgIpc) is 3.13. The molecule has 0 aliphatic heterocycles. The fourth-order valence-electron chi connectivity index (χ4n) is 2.97. The van der Waals surface area contributed by atoms with Gasteiger partial charge in [0, 0.05) is 21.8 Å². The molecule has 3 aromatic carbocycles. The van der Waals surface area contributed by atoms with Gasteiger partial charge >= 0.3 is 0 Å². The molecule has 5 nitrogen and oxygen atoms in total. The van der Waals surface area contributed by atoms with Gasteiger partial charge in [0.15, 0.2) is 5.82 Å². The maximum atomic E-state index is 12.7. The first kappa shape index (κ1) is 22.4. The van der Waals surface area contributed by atoms with E-state index in [1.54, 1.807) is 28.9 Å². The van der Waals surface area contributed by atoms with Crippen molar-refractivity contribution in [3.05, 3.63) is 110 Å². The van der Waals surface area contributed by atoms with Gasteiger partial charge in [-0.05, 0) is 75.6 Å². The standard InChI is InChI=1S/C24H18BrCl2N3O2/c25-22-14-30(13-16-3-7-19(26)8-4-16)29-23(22)28-24(31)18-5-1-17(2-6-18)15-32-21-11-9-20(27)10-12-21/h1-12,14H,13,15H2,(H,28,29,31). The number of halogens is 3. The highest BCUT2D eigenvalue weighted by molar-refractivity contribution is 9.10. The van der Waals surface area contributed by atoms with E-state index in [0.717, 1.165) is 16.9 Å². The Morgan fingerprint density at radius 3 is 2.16 bits per heavy atom. The van der Waals surface area contributed by atoms with Crippen LogP contribution in [-0.2, 0) is 13.2 Å². The Morgan fingerprint density at radius 1 is 0.906 bits per heavy atom. The van der Waals surface area contributed by atoms with E-state index < -0.39 is 0 Å². The highest BCUT2D eigenvalue weighted by atomic mass is 79.9. The molecule has 1 heterocycles. The number of rotatable bonds is 7. The van der Waals surface area contributed by atoms with Gasteiger partial charge in [0.2, 0.25) is 0 Å². The molecule has 0 atom stereocenters. The molecule has 162 valence electrons. The molecule has 0 bridgehead atoms. The quantitative estimate of drug-likeness (QED) is 0.285. The topological polar surface area (TPSA) is 56.2 Å². The van der Waals surface area contributed by atoms with E-state index in [1.807, 2.05) is 54.7 Å². The lowest BCUT2D eigenvalue weighted by molar-refractivity contribution is 0.102. The van der Waals surface area contributed by atoms with Gasteiger partial charge in [-0.1, -0.05) is 47.5 Å². The molecular formula is C24H18BrCl2N3O2. The van der Waals surface area contributed by atoms with Gasteiger partial charge in [0.1, 0.15) is 12.4 Å². The van der Waals surface area contributed by atoms with Crippen LogP contribution >= 0.6 is 39.1 Å². The van der Waals surface area contributed by atoms with Crippen LogP contribution in [0.25, 0.3) is 0 Å². The first-order valence-electron chi connectivity index (χ1n) is 9.72. The van der Waals surface area contributed by atoms with Crippen LogP contribution < -0.4 is 10.1 Å². The van der Waals surface area contributed by atoms with Crippen molar-refractivity contribution in [1.29, 1.82) is 0 Å². The van der Waals surface area contributed by atoms with E-state index in [1.165, 1.54) is 0 Å². The number of amides is 1. The molecule has 0 saturated carbocycles. The highest BCUT2D eigenvalue weighted by Crippen LogP contribution is 2.22. The van der Waals surface area contributed by atoms with Crippen molar-refractivity contribution >= 4 is 50.9 Å². The predicted molar refractivity (Wildman–Crippen MR) is 131 cm³/mol. The summed E-state index contributed by atoms with van der Waals surface area (Å²) in [4.78, 5) is 12.7.